The number of sulfone groups is 1. The van der Waals surface area contributed by atoms with Crippen molar-refractivity contribution in [3.05, 3.63) is 0 Å². The van der Waals surface area contributed by atoms with Crippen LogP contribution in [0.3, 0.4) is 0 Å². The summed E-state index contributed by atoms with van der Waals surface area (Å²) in [6.45, 7) is 2.64. The molecule has 1 saturated heterocycles. The van der Waals surface area contributed by atoms with Crippen molar-refractivity contribution in [2.24, 2.45) is 10.9 Å². The largest absolute Gasteiger partial charge is 0.356 e. The minimum atomic E-state index is -2.97. The Bertz CT molecular complexity index is 606. The summed E-state index contributed by atoms with van der Waals surface area (Å²) in [4.78, 5) is 16.2. The second-order valence-electron chi connectivity index (χ2n) is 8.04. The van der Waals surface area contributed by atoms with Gasteiger partial charge in [0.05, 0.1) is 11.5 Å². The Kier molecular flexibility index (Phi) is 11.7. The molecule has 164 valence electrons. The lowest BCUT2D eigenvalue weighted by Crippen LogP contribution is -2.44. The molecule has 2 aliphatic rings. The maximum absolute atomic E-state index is 12.0. The molecule has 2 atom stereocenters. The molecule has 9 heteroatoms. The maximum atomic E-state index is 12.0. The normalized spacial score (nSPS) is 23.5. The number of hydrogen-bond donors (Lipinski definition) is 3. The Balaban J connectivity index is 0.00000392. The van der Waals surface area contributed by atoms with Gasteiger partial charge in [-0.2, -0.15) is 0 Å². The van der Waals surface area contributed by atoms with Crippen molar-refractivity contribution in [2.75, 3.05) is 25.1 Å². The smallest absolute Gasteiger partial charge is 0.222 e. The van der Waals surface area contributed by atoms with Gasteiger partial charge in [0.25, 0.3) is 0 Å². The van der Waals surface area contributed by atoms with Gasteiger partial charge in [-0.1, -0.05) is 32.1 Å². The summed E-state index contributed by atoms with van der Waals surface area (Å²) >= 11 is 0. The van der Waals surface area contributed by atoms with Crippen molar-refractivity contribution >= 4 is 45.7 Å². The summed E-state index contributed by atoms with van der Waals surface area (Å²) in [5.41, 5.74) is 0. The molecule has 2 rings (SSSR count). The zero-order valence-corrected chi connectivity index (χ0v) is 20.4. The van der Waals surface area contributed by atoms with E-state index in [1.807, 2.05) is 0 Å². The van der Waals surface area contributed by atoms with E-state index in [2.05, 4.69) is 27.9 Å². The van der Waals surface area contributed by atoms with Crippen LogP contribution in [0, 0.1) is 5.92 Å². The molecule has 1 saturated carbocycles. The molecule has 3 N–H and O–H groups in total. The second-order valence-corrected chi connectivity index (χ2v) is 10.3. The first-order chi connectivity index (χ1) is 12.9. The summed E-state index contributed by atoms with van der Waals surface area (Å²) in [5, 5.41) is 9.37. The molecule has 0 aromatic carbocycles. The number of rotatable bonds is 8. The lowest BCUT2D eigenvalue weighted by Gasteiger charge is -2.24. The van der Waals surface area contributed by atoms with E-state index >= 15 is 0 Å². The molecular formula is C19H37IN4O3S. The van der Waals surface area contributed by atoms with Crippen molar-refractivity contribution in [1.82, 2.24) is 16.0 Å². The fourth-order valence-corrected chi connectivity index (χ4v) is 5.64. The second kappa shape index (κ2) is 12.9. The molecular weight excluding hydrogens is 491 g/mol. The summed E-state index contributed by atoms with van der Waals surface area (Å²) in [6.07, 6.45) is 10.1. The van der Waals surface area contributed by atoms with Gasteiger partial charge in [-0.25, -0.2) is 8.42 Å². The van der Waals surface area contributed by atoms with Crippen LogP contribution in [0.15, 0.2) is 4.99 Å². The van der Waals surface area contributed by atoms with Gasteiger partial charge in [-0.05, 0) is 32.1 Å². The van der Waals surface area contributed by atoms with Crippen LogP contribution in [0.2, 0.25) is 0 Å². The monoisotopic (exact) mass is 528 g/mol. The number of halogens is 1. The molecule has 1 aliphatic heterocycles. The first-order valence-electron chi connectivity index (χ1n) is 10.3. The molecule has 0 aromatic rings. The van der Waals surface area contributed by atoms with E-state index < -0.39 is 9.84 Å². The third-order valence-corrected chi connectivity index (χ3v) is 7.35. The SMILES string of the molecule is CN=C(NCCC(=O)NC1CCS(=O)(=O)C1)NC(C)CCC1CCCCC1.I. The van der Waals surface area contributed by atoms with E-state index in [1.165, 1.54) is 38.5 Å². The van der Waals surface area contributed by atoms with E-state index in [0.29, 0.717) is 31.4 Å². The van der Waals surface area contributed by atoms with Crippen molar-refractivity contribution in [2.45, 2.75) is 76.8 Å². The summed E-state index contributed by atoms with van der Waals surface area (Å²) in [6, 6.07) is 0.107. The van der Waals surface area contributed by atoms with Gasteiger partial charge in [0.1, 0.15) is 0 Å². The molecule has 0 aromatic heterocycles. The predicted molar refractivity (Wildman–Crippen MR) is 125 cm³/mol. The highest BCUT2D eigenvalue weighted by atomic mass is 127. The van der Waals surface area contributed by atoms with Gasteiger partial charge in [0, 0.05) is 32.1 Å². The van der Waals surface area contributed by atoms with E-state index in [-0.39, 0.29) is 47.4 Å². The third-order valence-electron chi connectivity index (χ3n) is 5.58. The lowest BCUT2D eigenvalue weighted by atomic mass is 9.85. The quantitative estimate of drug-likeness (QED) is 0.255. The Morgan fingerprint density at radius 2 is 1.89 bits per heavy atom. The van der Waals surface area contributed by atoms with Crippen LogP contribution in [0.4, 0.5) is 0 Å². The number of carbonyl (C=O) groups excluding carboxylic acids is 1. The molecule has 7 nitrogen and oxygen atoms in total. The van der Waals surface area contributed by atoms with E-state index in [0.717, 1.165) is 12.3 Å². The number of amides is 1. The van der Waals surface area contributed by atoms with Crippen LogP contribution in [0.1, 0.15) is 64.7 Å². The van der Waals surface area contributed by atoms with Crippen LogP contribution in [-0.2, 0) is 14.6 Å². The molecule has 1 aliphatic carbocycles. The van der Waals surface area contributed by atoms with Gasteiger partial charge in [0.15, 0.2) is 15.8 Å². The van der Waals surface area contributed by atoms with Gasteiger partial charge in [0.2, 0.25) is 5.91 Å². The van der Waals surface area contributed by atoms with Gasteiger partial charge < -0.3 is 16.0 Å². The molecule has 0 spiro atoms. The first-order valence-corrected chi connectivity index (χ1v) is 12.2. The number of carbonyl (C=O) groups is 1. The molecule has 2 unspecified atom stereocenters. The minimum absolute atomic E-state index is 0. The van der Waals surface area contributed by atoms with Crippen molar-refractivity contribution in [3.8, 4) is 0 Å². The predicted octanol–water partition coefficient (Wildman–Crippen LogP) is 2.21. The van der Waals surface area contributed by atoms with Crippen molar-refractivity contribution in [1.29, 1.82) is 0 Å². The van der Waals surface area contributed by atoms with E-state index in [1.54, 1.807) is 7.05 Å². The van der Waals surface area contributed by atoms with Gasteiger partial charge in [-0.3, -0.25) is 9.79 Å². The Morgan fingerprint density at radius 1 is 1.18 bits per heavy atom. The third kappa shape index (κ3) is 9.76. The Morgan fingerprint density at radius 3 is 2.50 bits per heavy atom. The molecule has 1 amide bonds. The van der Waals surface area contributed by atoms with Gasteiger partial charge >= 0.3 is 0 Å². The lowest BCUT2D eigenvalue weighted by molar-refractivity contribution is -0.121. The van der Waals surface area contributed by atoms with Crippen LogP contribution >= 0.6 is 24.0 Å². The highest BCUT2D eigenvalue weighted by molar-refractivity contribution is 14.0. The van der Waals surface area contributed by atoms with Crippen molar-refractivity contribution < 1.29 is 13.2 Å². The van der Waals surface area contributed by atoms with Crippen LogP contribution < -0.4 is 16.0 Å². The van der Waals surface area contributed by atoms with E-state index in [4.69, 9.17) is 0 Å². The molecule has 28 heavy (non-hydrogen) atoms. The average molecular weight is 529 g/mol. The number of guanidine groups is 1. The highest BCUT2D eigenvalue weighted by Gasteiger charge is 2.28. The standard InChI is InChI=1S/C19H36N4O3S.HI/c1-15(8-9-16-6-4-3-5-7-16)22-19(20-2)21-12-10-18(24)23-17-11-13-27(25,26)14-17;/h15-17H,3-14H2,1-2H3,(H,23,24)(H2,20,21,22);1H. The molecule has 0 bridgehead atoms. The molecule has 2 fully saturated rings. The fourth-order valence-electron chi connectivity index (χ4n) is 3.96. The van der Waals surface area contributed by atoms with Crippen molar-refractivity contribution in [3.63, 3.8) is 0 Å². The van der Waals surface area contributed by atoms with Gasteiger partial charge in [-0.15, -0.1) is 24.0 Å². The number of aliphatic imine (C=N–C) groups is 1. The van der Waals surface area contributed by atoms with Crippen LogP contribution in [-0.4, -0.2) is 57.5 Å². The number of nitrogens with one attached hydrogen (secondary N) is 3. The van der Waals surface area contributed by atoms with Crippen LogP contribution in [0.25, 0.3) is 0 Å². The Labute approximate surface area is 187 Å². The first kappa shape index (κ1) is 25.5. The minimum Gasteiger partial charge on any atom is -0.356 e. The zero-order chi connectivity index (χ0) is 19.7. The summed E-state index contributed by atoms with van der Waals surface area (Å²) in [5.74, 6) is 1.70. The van der Waals surface area contributed by atoms with Crippen LogP contribution in [0.5, 0.6) is 0 Å². The zero-order valence-electron chi connectivity index (χ0n) is 17.2. The summed E-state index contributed by atoms with van der Waals surface area (Å²) < 4.78 is 22.9. The number of nitrogens with zero attached hydrogens (tertiary/aromatic N) is 1. The fraction of sp³-hybridized carbons (Fsp3) is 0.895. The summed E-state index contributed by atoms with van der Waals surface area (Å²) in [7, 11) is -1.24. The molecule has 1 heterocycles. The van der Waals surface area contributed by atoms with E-state index in [9.17, 15) is 13.2 Å². The highest BCUT2D eigenvalue weighted by Crippen LogP contribution is 2.27. The Hall–Kier alpha value is -0.580. The maximum Gasteiger partial charge on any atom is 0.222 e. The topological polar surface area (TPSA) is 99.7 Å². The average Bonchev–Trinajstić information content (AvgIpc) is 2.98. The molecule has 0 radical (unpaired) electrons. The number of hydrogen-bond acceptors (Lipinski definition) is 4.